The van der Waals surface area contributed by atoms with Crippen LogP contribution in [0.3, 0.4) is 0 Å². The van der Waals surface area contributed by atoms with E-state index in [9.17, 15) is 18.0 Å². The summed E-state index contributed by atoms with van der Waals surface area (Å²) in [4.78, 5) is 27.6. The van der Waals surface area contributed by atoms with Crippen LogP contribution in [0.15, 0.2) is 48.5 Å². The molecule has 0 heterocycles. The summed E-state index contributed by atoms with van der Waals surface area (Å²) in [5.41, 5.74) is 1.25. The van der Waals surface area contributed by atoms with E-state index in [-0.39, 0.29) is 43.7 Å². The van der Waals surface area contributed by atoms with Gasteiger partial charge in [-0.25, -0.2) is 8.42 Å². The molecule has 0 saturated carbocycles. The van der Waals surface area contributed by atoms with Crippen molar-refractivity contribution in [1.82, 2.24) is 10.2 Å². The predicted molar refractivity (Wildman–Crippen MR) is 144 cm³/mol. The number of benzene rings is 2. The molecule has 0 aromatic heterocycles. The number of amides is 2. The molecule has 1 unspecified atom stereocenters. The zero-order valence-corrected chi connectivity index (χ0v) is 23.1. The van der Waals surface area contributed by atoms with Crippen molar-refractivity contribution in [3.8, 4) is 5.75 Å². The van der Waals surface area contributed by atoms with Gasteiger partial charge < -0.3 is 15.0 Å². The molecule has 2 amide bonds. The van der Waals surface area contributed by atoms with Crippen LogP contribution in [0.1, 0.15) is 39.2 Å². The van der Waals surface area contributed by atoms with Gasteiger partial charge in [-0.2, -0.15) is 0 Å². The fraction of sp³-hybridized carbons (Fsp3) is 0.462. The molecule has 0 saturated heterocycles. The molecule has 36 heavy (non-hydrogen) atoms. The second-order valence-corrected chi connectivity index (χ2v) is 11.4. The van der Waals surface area contributed by atoms with Crippen LogP contribution in [0, 0.1) is 5.92 Å². The van der Waals surface area contributed by atoms with E-state index in [1.165, 1.54) is 16.3 Å². The summed E-state index contributed by atoms with van der Waals surface area (Å²) in [5, 5.41) is 3.47. The number of halogens is 1. The number of nitrogens with zero attached hydrogens (tertiary/aromatic N) is 2. The van der Waals surface area contributed by atoms with Crippen molar-refractivity contribution in [1.29, 1.82) is 0 Å². The number of carbonyl (C=O) groups excluding carboxylic acids is 2. The summed E-state index contributed by atoms with van der Waals surface area (Å²) in [6.45, 7) is 6.52. The molecule has 198 valence electrons. The fourth-order valence-corrected chi connectivity index (χ4v) is 4.73. The Morgan fingerprint density at radius 1 is 1.06 bits per heavy atom. The number of methoxy groups -OCH3 is 1. The zero-order valence-electron chi connectivity index (χ0n) is 21.5. The highest BCUT2D eigenvalue weighted by molar-refractivity contribution is 7.92. The molecule has 0 aliphatic heterocycles. The molecule has 0 aliphatic carbocycles. The number of rotatable bonds is 13. The maximum absolute atomic E-state index is 13.3. The Balaban J connectivity index is 2.18. The summed E-state index contributed by atoms with van der Waals surface area (Å²) in [6.07, 6.45) is 1.45. The Kier molecular flexibility index (Phi) is 11.0. The lowest BCUT2D eigenvalue weighted by Crippen LogP contribution is -2.48. The van der Waals surface area contributed by atoms with Crippen molar-refractivity contribution < 1.29 is 22.7 Å². The van der Waals surface area contributed by atoms with Crippen LogP contribution in [0.5, 0.6) is 5.75 Å². The quantitative estimate of drug-likeness (QED) is 0.415. The minimum absolute atomic E-state index is 0.0660. The molecular weight excluding hydrogens is 502 g/mol. The van der Waals surface area contributed by atoms with Crippen molar-refractivity contribution in [3.63, 3.8) is 0 Å². The first-order valence-electron chi connectivity index (χ1n) is 11.9. The first-order valence-corrected chi connectivity index (χ1v) is 14.1. The number of para-hydroxylation sites is 2. The van der Waals surface area contributed by atoms with E-state index in [1.807, 2.05) is 26.0 Å². The number of hydrogen-bond donors (Lipinski definition) is 1. The van der Waals surface area contributed by atoms with Crippen LogP contribution in [0.25, 0.3) is 0 Å². The van der Waals surface area contributed by atoms with Gasteiger partial charge in [-0.3, -0.25) is 13.9 Å². The van der Waals surface area contributed by atoms with Crippen LogP contribution < -0.4 is 14.4 Å². The minimum atomic E-state index is -3.61. The van der Waals surface area contributed by atoms with Crippen molar-refractivity contribution in [2.24, 2.45) is 5.92 Å². The Labute approximate surface area is 219 Å². The van der Waals surface area contributed by atoms with Gasteiger partial charge in [-0.05, 0) is 49.1 Å². The van der Waals surface area contributed by atoms with E-state index < -0.39 is 16.1 Å². The molecule has 0 radical (unpaired) electrons. The molecular formula is C26H36ClN3O5S. The molecule has 2 aromatic carbocycles. The maximum atomic E-state index is 13.3. The first kappa shape index (κ1) is 29.5. The Morgan fingerprint density at radius 2 is 1.69 bits per heavy atom. The summed E-state index contributed by atoms with van der Waals surface area (Å²) in [7, 11) is -2.14. The van der Waals surface area contributed by atoms with Gasteiger partial charge in [0.25, 0.3) is 0 Å². The molecule has 0 aliphatic rings. The van der Waals surface area contributed by atoms with E-state index >= 15 is 0 Å². The molecule has 8 nitrogen and oxygen atoms in total. The largest absolute Gasteiger partial charge is 0.495 e. The molecule has 0 fully saturated rings. The van der Waals surface area contributed by atoms with Gasteiger partial charge >= 0.3 is 0 Å². The number of hydrogen-bond acceptors (Lipinski definition) is 5. The van der Waals surface area contributed by atoms with Gasteiger partial charge in [-0.1, -0.05) is 49.7 Å². The van der Waals surface area contributed by atoms with Gasteiger partial charge in [-0.15, -0.1) is 0 Å². The third-order valence-corrected chi connectivity index (χ3v) is 7.06. The lowest BCUT2D eigenvalue weighted by atomic mass is 10.1. The number of anilines is 1. The number of ether oxygens (including phenoxy) is 1. The minimum Gasteiger partial charge on any atom is -0.495 e. The van der Waals surface area contributed by atoms with Crippen LogP contribution >= 0.6 is 11.6 Å². The van der Waals surface area contributed by atoms with Crippen LogP contribution in [0.4, 0.5) is 5.69 Å². The second kappa shape index (κ2) is 13.5. The average Bonchev–Trinajstić information content (AvgIpc) is 2.83. The molecule has 0 bridgehead atoms. The smallest absolute Gasteiger partial charge is 0.242 e. The zero-order chi connectivity index (χ0) is 26.9. The summed E-state index contributed by atoms with van der Waals surface area (Å²) < 4.78 is 31.6. The highest BCUT2D eigenvalue weighted by atomic mass is 35.5. The monoisotopic (exact) mass is 537 g/mol. The average molecular weight is 538 g/mol. The highest BCUT2D eigenvalue weighted by Gasteiger charge is 2.27. The highest BCUT2D eigenvalue weighted by Crippen LogP contribution is 2.29. The first-order chi connectivity index (χ1) is 16.9. The Hall–Kier alpha value is -2.78. The predicted octanol–water partition coefficient (Wildman–Crippen LogP) is 4.08. The summed E-state index contributed by atoms with van der Waals surface area (Å²) in [6, 6.07) is 13.2. The molecule has 2 rings (SSSR count). The molecule has 1 atom stereocenters. The van der Waals surface area contributed by atoms with Gasteiger partial charge in [0.1, 0.15) is 11.8 Å². The number of carbonyl (C=O) groups is 2. The van der Waals surface area contributed by atoms with Crippen LogP contribution in [0.2, 0.25) is 5.02 Å². The van der Waals surface area contributed by atoms with Crippen molar-refractivity contribution >= 4 is 39.1 Å². The Bertz CT molecular complexity index is 1120. The third-order valence-electron chi connectivity index (χ3n) is 5.62. The van der Waals surface area contributed by atoms with Gasteiger partial charge in [0, 0.05) is 31.1 Å². The van der Waals surface area contributed by atoms with Crippen molar-refractivity contribution in [3.05, 3.63) is 59.1 Å². The number of sulfonamides is 1. The normalized spacial score (nSPS) is 12.2. The van der Waals surface area contributed by atoms with E-state index in [1.54, 1.807) is 43.3 Å². The van der Waals surface area contributed by atoms with Crippen LogP contribution in [-0.2, 0) is 26.2 Å². The molecule has 1 N–H and O–H groups in total. The molecule has 0 spiro atoms. The standard InChI is InChI=1S/C26H36ClN3O5S/c1-19(2)17-28-26(32)20(3)29(18-21-12-14-22(27)15-13-21)25(31)11-8-16-30(36(5,33)34)23-9-6-7-10-24(23)35-4/h6-7,9-10,12-15,19-20H,8,11,16-18H2,1-5H3,(H,28,32). The number of nitrogens with one attached hydrogen (secondary N) is 1. The van der Waals surface area contributed by atoms with E-state index in [0.717, 1.165) is 11.8 Å². The van der Waals surface area contributed by atoms with E-state index in [4.69, 9.17) is 16.3 Å². The lowest BCUT2D eigenvalue weighted by molar-refractivity contribution is -0.140. The lowest BCUT2D eigenvalue weighted by Gasteiger charge is -2.30. The second-order valence-electron chi connectivity index (χ2n) is 9.07. The van der Waals surface area contributed by atoms with Crippen molar-refractivity contribution in [2.45, 2.75) is 46.2 Å². The molecule has 10 heteroatoms. The Morgan fingerprint density at radius 3 is 2.28 bits per heavy atom. The SMILES string of the molecule is COc1ccccc1N(CCCC(=O)N(Cc1ccc(Cl)cc1)C(C)C(=O)NCC(C)C)S(C)(=O)=O. The van der Waals surface area contributed by atoms with Crippen LogP contribution in [-0.4, -0.2) is 57.6 Å². The topological polar surface area (TPSA) is 96.0 Å². The fourth-order valence-electron chi connectivity index (χ4n) is 3.64. The third kappa shape index (κ3) is 8.71. The van der Waals surface area contributed by atoms with Gasteiger partial charge in [0.15, 0.2) is 0 Å². The van der Waals surface area contributed by atoms with Gasteiger partial charge in [0.2, 0.25) is 21.8 Å². The van der Waals surface area contributed by atoms with E-state index in [2.05, 4.69) is 5.32 Å². The van der Waals surface area contributed by atoms with Gasteiger partial charge in [0.05, 0.1) is 19.1 Å². The maximum Gasteiger partial charge on any atom is 0.242 e. The summed E-state index contributed by atoms with van der Waals surface area (Å²) in [5.74, 6) is 0.219. The summed E-state index contributed by atoms with van der Waals surface area (Å²) >= 11 is 5.99. The molecule has 2 aromatic rings. The van der Waals surface area contributed by atoms with E-state index in [0.29, 0.717) is 23.0 Å². The van der Waals surface area contributed by atoms with Crippen molar-refractivity contribution in [2.75, 3.05) is 30.8 Å².